The van der Waals surface area contributed by atoms with Gasteiger partial charge < -0.3 is 14.8 Å². The van der Waals surface area contributed by atoms with Crippen LogP contribution in [0.5, 0.6) is 0 Å². The minimum atomic E-state index is 0.427. The molecular weight excluding hydrogens is 288 g/mol. The molecule has 23 heavy (non-hydrogen) atoms. The first-order valence-electron chi connectivity index (χ1n) is 8.00. The number of hydrogen-bond donors (Lipinski definition) is 1. The Morgan fingerprint density at radius 1 is 1.48 bits per heavy atom. The molecule has 3 rings (SSSR count). The van der Waals surface area contributed by atoms with E-state index in [0.717, 1.165) is 44.0 Å². The summed E-state index contributed by atoms with van der Waals surface area (Å²) < 4.78 is 1.95. The summed E-state index contributed by atoms with van der Waals surface area (Å²) in [5.41, 5.74) is 3.06. The molecule has 1 fully saturated rings. The molecule has 0 amide bonds. The van der Waals surface area contributed by atoms with Crippen LogP contribution >= 0.6 is 0 Å². The fourth-order valence-corrected chi connectivity index (χ4v) is 3.12. The van der Waals surface area contributed by atoms with Crippen molar-refractivity contribution in [3.8, 4) is 6.07 Å². The molecule has 0 aliphatic carbocycles. The molecule has 6 nitrogen and oxygen atoms in total. The normalized spacial score (nSPS) is 18.0. The Labute approximate surface area is 136 Å². The molecule has 1 aliphatic rings. The lowest BCUT2D eigenvalue weighted by atomic mass is 10.1. The maximum Gasteiger partial charge on any atom is 0.151 e. The fourth-order valence-electron chi connectivity index (χ4n) is 3.12. The minimum absolute atomic E-state index is 0.427. The summed E-state index contributed by atoms with van der Waals surface area (Å²) in [7, 11) is 1.94. The predicted octanol–water partition coefficient (Wildman–Crippen LogP) is 1.75. The van der Waals surface area contributed by atoms with Crippen LogP contribution in [0.15, 0.2) is 24.4 Å². The van der Waals surface area contributed by atoms with Crippen LogP contribution in [0, 0.1) is 18.3 Å². The van der Waals surface area contributed by atoms with Gasteiger partial charge in [0.2, 0.25) is 0 Å². The summed E-state index contributed by atoms with van der Waals surface area (Å²) in [6, 6.07) is 8.58. The highest BCUT2D eigenvalue weighted by Gasteiger charge is 2.21. The van der Waals surface area contributed by atoms with Gasteiger partial charge in [-0.25, -0.2) is 0 Å². The number of rotatable bonds is 4. The Balaban J connectivity index is 1.62. The van der Waals surface area contributed by atoms with Gasteiger partial charge in [0.25, 0.3) is 0 Å². The first kappa shape index (κ1) is 15.5. The average Bonchev–Trinajstić information content (AvgIpc) is 2.88. The average molecular weight is 310 g/mol. The summed E-state index contributed by atoms with van der Waals surface area (Å²) in [5.74, 6) is 0.946. The van der Waals surface area contributed by atoms with E-state index >= 15 is 0 Å². The smallest absolute Gasteiger partial charge is 0.151 e. The quantitative estimate of drug-likeness (QED) is 0.932. The highest BCUT2D eigenvalue weighted by atomic mass is 15.3. The molecule has 1 aliphatic heterocycles. The zero-order chi connectivity index (χ0) is 16.2. The van der Waals surface area contributed by atoms with E-state index in [0.29, 0.717) is 11.7 Å². The van der Waals surface area contributed by atoms with Crippen molar-refractivity contribution in [3.05, 3.63) is 41.3 Å². The molecule has 0 spiro atoms. The van der Waals surface area contributed by atoms with Gasteiger partial charge in [-0.2, -0.15) is 10.4 Å². The number of nitrogens with zero attached hydrogens (tertiary/aromatic N) is 5. The van der Waals surface area contributed by atoms with Gasteiger partial charge in [-0.1, -0.05) is 0 Å². The summed E-state index contributed by atoms with van der Waals surface area (Å²) in [6.45, 7) is 4.82. The second-order valence-electron chi connectivity index (χ2n) is 6.06. The third kappa shape index (κ3) is 3.35. The first-order valence-corrected chi connectivity index (χ1v) is 8.00. The van der Waals surface area contributed by atoms with Gasteiger partial charge in [0.1, 0.15) is 11.8 Å². The van der Waals surface area contributed by atoms with Gasteiger partial charge in [-0.05, 0) is 43.5 Å². The molecule has 0 radical (unpaired) electrons. The molecule has 2 aromatic heterocycles. The molecular formula is C17H22N6. The van der Waals surface area contributed by atoms with E-state index < -0.39 is 0 Å². The molecule has 2 aromatic rings. The number of piperidine rings is 1. The van der Waals surface area contributed by atoms with Crippen LogP contribution < -0.4 is 10.2 Å². The third-order valence-corrected chi connectivity index (χ3v) is 4.64. The van der Waals surface area contributed by atoms with E-state index in [4.69, 9.17) is 5.26 Å². The Bertz CT molecular complexity index is 700. The van der Waals surface area contributed by atoms with Crippen molar-refractivity contribution in [1.82, 2.24) is 20.1 Å². The van der Waals surface area contributed by atoms with Crippen molar-refractivity contribution in [2.45, 2.75) is 32.4 Å². The second kappa shape index (κ2) is 6.80. The standard InChI is InChI=1S/C17H22N6/c1-13-14(9-16(10-18)22(13)2)11-19-15-5-4-8-23(12-15)17-6-3-7-20-21-17/h3,6-7,9,15,19H,4-5,8,11-12H2,1-2H3. The van der Waals surface area contributed by atoms with E-state index in [9.17, 15) is 0 Å². The molecule has 6 heteroatoms. The molecule has 1 saturated heterocycles. The fraction of sp³-hybridized carbons (Fsp3) is 0.471. The van der Waals surface area contributed by atoms with E-state index in [1.807, 2.05) is 29.8 Å². The molecule has 0 bridgehead atoms. The highest BCUT2D eigenvalue weighted by molar-refractivity contribution is 5.37. The summed E-state index contributed by atoms with van der Waals surface area (Å²) in [5, 5.41) is 20.9. The maximum absolute atomic E-state index is 9.12. The van der Waals surface area contributed by atoms with Crippen molar-refractivity contribution in [2.24, 2.45) is 7.05 Å². The zero-order valence-corrected chi connectivity index (χ0v) is 13.7. The molecule has 0 aromatic carbocycles. The first-order chi connectivity index (χ1) is 11.2. The lowest BCUT2D eigenvalue weighted by Gasteiger charge is -2.33. The van der Waals surface area contributed by atoms with Crippen LogP contribution in [0.1, 0.15) is 29.8 Å². The van der Waals surface area contributed by atoms with Gasteiger partial charge in [0, 0.05) is 44.6 Å². The Kier molecular flexibility index (Phi) is 4.58. The largest absolute Gasteiger partial charge is 0.354 e. The van der Waals surface area contributed by atoms with Crippen LogP contribution in [0.3, 0.4) is 0 Å². The van der Waals surface area contributed by atoms with Gasteiger partial charge in [0.05, 0.1) is 0 Å². The van der Waals surface area contributed by atoms with Crippen LogP contribution in [-0.2, 0) is 13.6 Å². The van der Waals surface area contributed by atoms with E-state index in [1.165, 1.54) is 5.56 Å². The van der Waals surface area contributed by atoms with Crippen LogP contribution in [0.2, 0.25) is 0 Å². The number of nitrogens with one attached hydrogen (secondary N) is 1. The zero-order valence-electron chi connectivity index (χ0n) is 13.7. The van der Waals surface area contributed by atoms with Crippen LogP contribution in [0.25, 0.3) is 0 Å². The number of nitriles is 1. The molecule has 1 unspecified atom stereocenters. The Morgan fingerprint density at radius 3 is 3.04 bits per heavy atom. The van der Waals surface area contributed by atoms with E-state index in [1.54, 1.807) is 6.20 Å². The highest BCUT2D eigenvalue weighted by Crippen LogP contribution is 2.18. The van der Waals surface area contributed by atoms with Crippen molar-refractivity contribution >= 4 is 5.82 Å². The summed E-state index contributed by atoms with van der Waals surface area (Å²) in [4.78, 5) is 2.28. The molecule has 0 saturated carbocycles. The monoisotopic (exact) mass is 310 g/mol. The Hall–Kier alpha value is -2.39. The van der Waals surface area contributed by atoms with Crippen molar-refractivity contribution in [3.63, 3.8) is 0 Å². The number of aromatic nitrogens is 3. The Morgan fingerprint density at radius 2 is 2.35 bits per heavy atom. The number of anilines is 1. The topological polar surface area (TPSA) is 69.8 Å². The summed E-state index contributed by atoms with van der Waals surface area (Å²) >= 11 is 0. The van der Waals surface area contributed by atoms with Gasteiger partial charge >= 0.3 is 0 Å². The lowest BCUT2D eigenvalue weighted by Crippen LogP contribution is -2.45. The third-order valence-electron chi connectivity index (χ3n) is 4.64. The number of hydrogen-bond acceptors (Lipinski definition) is 5. The van der Waals surface area contributed by atoms with E-state index in [2.05, 4.69) is 33.4 Å². The van der Waals surface area contributed by atoms with Crippen LogP contribution in [0.4, 0.5) is 5.82 Å². The SMILES string of the molecule is Cc1c(CNC2CCCN(c3cccnn3)C2)cc(C#N)n1C. The summed E-state index contributed by atoms with van der Waals surface area (Å²) in [6.07, 6.45) is 4.01. The van der Waals surface area contributed by atoms with Crippen LogP contribution in [-0.4, -0.2) is 33.9 Å². The molecule has 1 atom stereocenters. The molecule has 1 N–H and O–H groups in total. The van der Waals surface area contributed by atoms with Gasteiger partial charge in [-0.3, -0.25) is 0 Å². The van der Waals surface area contributed by atoms with E-state index in [-0.39, 0.29) is 0 Å². The van der Waals surface area contributed by atoms with Gasteiger partial charge in [-0.15, -0.1) is 5.10 Å². The molecule has 120 valence electrons. The lowest BCUT2D eigenvalue weighted by molar-refractivity contribution is 0.419. The van der Waals surface area contributed by atoms with Crippen molar-refractivity contribution < 1.29 is 0 Å². The minimum Gasteiger partial charge on any atom is -0.354 e. The second-order valence-corrected chi connectivity index (χ2v) is 6.06. The van der Waals surface area contributed by atoms with Crippen molar-refractivity contribution in [2.75, 3.05) is 18.0 Å². The predicted molar refractivity (Wildman–Crippen MR) is 89.0 cm³/mol. The maximum atomic E-state index is 9.12. The van der Waals surface area contributed by atoms with Gasteiger partial charge in [0.15, 0.2) is 5.82 Å². The molecule has 3 heterocycles. The van der Waals surface area contributed by atoms with Crippen molar-refractivity contribution in [1.29, 1.82) is 5.26 Å².